The van der Waals surface area contributed by atoms with Gasteiger partial charge >= 0.3 is 17.9 Å². The number of amides is 1. The van der Waals surface area contributed by atoms with E-state index < -0.39 is 125 Å². The smallest absolute Gasteiger partial charge is 0.328 e. The zero-order chi connectivity index (χ0) is 59.4. The maximum atomic E-state index is 15.2. The van der Waals surface area contributed by atoms with Gasteiger partial charge in [0.05, 0.1) is 38.4 Å². The number of imidazole rings is 2. The lowest BCUT2D eigenvalue weighted by molar-refractivity contribution is -0.372. The van der Waals surface area contributed by atoms with Gasteiger partial charge in [-0.1, -0.05) is 47.1 Å². The number of ketones is 1. The zero-order valence-corrected chi connectivity index (χ0v) is 47.8. The lowest BCUT2D eigenvalue weighted by Gasteiger charge is -2.70. The third-order valence-electron chi connectivity index (χ3n) is 20.9. The van der Waals surface area contributed by atoms with E-state index in [2.05, 4.69) is 72.1 Å². The number of hydrogen-bond acceptors (Lipinski definition) is 20. The average molecular weight is 1140 g/mol. The second kappa shape index (κ2) is 23.6. The molecule has 0 spiro atoms. The van der Waals surface area contributed by atoms with E-state index >= 15 is 4.79 Å². The van der Waals surface area contributed by atoms with Crippen LogP contribution in [-0.2, 0) is 70.0 Å². The van der Waals surface area contributed by atoms with Crippen molar-refractivity contribution >= 4 is 36.4 Å². The molecule has 7 aliphatic rings. The molecule has 2 saturated heterocycles. The van der Waals surface area contributed by atoms with Gasteiger partial charge in [0.25, 0.3) is 5.91 Å². The highest BCUT2D eigenvalue weighted by Crippen LogP contribution is 2.75. The van der Waals surface area contributed by atoms with Crippen LogP contribution < -0.4 is 10.6 Å². The van der Waals surface area contributed by atoms with Crippen molar-refractivity contribution in [3.8, 4) is 0 Å². The molecule has 81 heavy (non-hydrogen) atoms. The number of allylic oxidation sites excluding steroid dienone is 2. The average Bonchev–Trinajstić information content (AvgIpc) is 1.76. The Bertz CT molecular complexity index is 2620. The number of ether oxygens (including phenoxy) is 6. The van der Waals surface area contributed by atoms with Crippen LogP contribution in [0.5, 0.6) is 0 Å². The Balaban J connectivity index is 0.00000425. The summed E-state index contributed by atoms with van der Waals surface area (Å²) in [6.07, 6.45) is -5.16. The molecule has 6 fully saturated rings. The predicted molar refractivity (Wildman–Crippen MR) is 284 cm³/mol. The molecule has 450 valence electrons. The van der Waals surface area contributed by atoms with Crippen molar-refractivity contribution in [1.82, 2.24) is 30.6 Å². The number of aromatic nitrogens is 4. The quantitative estimate of drug-likeness (QED) is 0.0843. The number of carbonyl (C=O) groups is 6. The molecule has 1 amide bonds. The van der Waals surface area contributed by atoms with E-state index in [1.54, 1.807) is 0 Å². The molecule has 24 heteroatoms. The largest absolute Gasteiger partial charge is 0.481 e. The number of aromatic amines is 2. The molecule has 2 aromatic heterocycles. The van der Waals surface area contributed by atoms with Gasteiger partial charge in [-0.25, -0.2) is 14.8 Å². The van der Waals surface area contributed by atoms with E-state index in [1.165, 1.54) is 32.2 Å². The number of rotatable bonds is 16. The molecular formula is C57H84N6O18. The van der Waals surface area contributed by atoms with Gasteiger partial charge in [-0.2, -0.15) is 0 Å². The molecule has 0 aromatic carbocycles. The number of aliphatic hydroxyl groups is 5. The molecule has 0 bridgehead atoms. The Kier molecular flexibility index (Phi) is 18.0. The SMILES string of the molecule is C=O.COC(=O)C(Cc1cnc[nH]1)NC[C@H]1O[C@@H](O[C@H]2[C@H](OC3CC[C@@]4(C)C(CC[C@]5(C)C4C(=O)C=C4C6C[C@@](C)(C(=O)O)CC[C@]6(C)CC[C@]45C)C3(C)C)O[C@H](C(=O)N[C@H](Cc3cnc[nH]3)C(=O)OC)[C@@H](O)[C@@H]2O)[C@H](O)[C@@H](O)[C@@H]1O. The van der Waals surface area contributed by atoms with E-state index in [-0.39, 0.29) is 53.8 Å². The molecule has 5 unspecified atom stereocenters. The number of aliphatic carboxylic acids is 1. The molecule has 5 aliphatic carbocycles. The van der Waals surface area contributed by atoms with Gasteiger partial charge in [-0.05, 0) is 110 Å². The molecule has 21 atom stereocenters. The molecule has 4 heterocycles. The summed E-state index contributed by atoms with van der Waals surface area (Å²) >= 11 is 0. The fourth-order valence-corrected chi connectivity index (χ4v) is 15.9. The molecule has 24 nitrogen and oxygen atoms in total. The van der Waals surface area contributed by atoms with Gasteiger partial charge in [0.2, 0.25) is 0 Å². The third kappa shape index (κ3) is 11.1. The van der Waals surface area contributed by atoms with Crippen molar-refractivity contribution in [3.63, 3.8) is 0 Å². The third-order valence-corrected chi connectivity index (χ3v) is 20.9. The summed E-state index contributed by atoms with van der Waals surface area (Å²) in [5, 5.41) is 73.7. The summed E-state index contributed by atoms with van der Waals surface area (Å²) in [4.78, 5) is 89.8. The number of aliphatic hydroxyl groups excluding tert-OH is 5. The van der Waals surface area contributed by atoms with Gasteiger partial charge < -0.3 is 84.5 Å². The Morgan fingerprint density at radius 1 is 0.753 bits per heavy atom. The molecule has 4 saturated carbocycles. The fraction of sp³-hybridized carbons (Fsp3) is 0.754. The van der Waals surface area contributed by atoms with E-state index in [0.717, 1.165) is 31.9 Å². The molecule has 2 aliphatic heterocycles. The first kappa shape index (κ1) is 62.0. The number of carbonyl (C=O) groups excluding carboxylic acids is 5. The number of nitrogens with one attached hydrogen (secondary N) is 4. The maximum absolute atomic E-state index is 15.2. The molecule has 9 rings (SSSR count). The Morgan fingerprint density at radius 3 is 1.98 bits per heavy atom. The minimum absolute atomic E-state index is 0.0463. The molecule has 2 aromatic rings. The normalized spacial score (nSPS) is 41.4. The van der Waals surface area contributed by atoms with Crippen LogP contribution in [0.2, 0.25) is 0 Å². The van der Waals surface area contributed by atoms with Crippen molar-refractivity contribution in [3.05, 3.63) is 48.1 Å². The number of nitrogens with zero attached hydrogens (tertiary/aromatic N) is 2. The highest BCUT2D eigenvalue weighted by Gasteiger charge is 2.71. The summed E-state index contributed by atoms with van der Waals surface area (Å²) in [6, 6.07) is -2.27. The number of methoxy groups -OCH3 is 2. The first-order valence-corrected chi connectivity index (χ1v) is 28.1. The van der Waals surface area contributed by atoms with Gasteiger partial charge in [0.15, 0.2) is 24.5 Å². The van der Waals surface area contributed by atoms with E-state index in [9.17, 15) is 49.8 Å². The summed E-state index contributed by atoms with van der Waals surface area (Å²) in [5.41, 5.74) is -0.964. The van der Waals surface area contributed by atoms with Crippen LogP contribution in [0, 0.1) is 50.2 Å². The van der Waals surface area contributed by atoms with Crippen LogP contribution in [0.3, 0.4) is 0 Å². The van der Waals surface area contributed by atoms with Crippen molar-refractivity contribution in [2.75, 3.05) is 20.8 Å². The topological polar surface area (TPSA) is 361 Å². The van der Waals surface area contributed by atoms with Crippen LogP contribution in [0.25, 0.3) is 0 Å². The minimum atomic E-state index is -2.05. The number of esters is 2. The molecular weight excluding hydrogens is 1060 g/mol. The highest BCUT2D eigenvalue weighted by molar-refractivity contribution is 5.96. The predicted octanol–water partition coefficient (Wildman–Crippen LogP) is 1.61. The van der Waals surface area contributed by atoms with Crippen molar-refractivity contribution in [2.45, 2.75) is 199 Å². The van der Waals surface area contributed by atoms with Crippen LogP contribution in [-0.4, -0.2) is 187 Å². The van der Waals surface area contributed by atoms with E-state index in [0.29, 0.717) is 49.9 Å². The van der Waals surface area contributed by atoms with Gasteiger partial charge in [0.1, 0.15) is 61.6 Å². The van der Waals surface area contributed by atoms with Gasteiger partial charge in [-0.15, -0.1) is 0 Å². The first-order valence-electron chi connectivity index (χ1n) is 28.1. The lowest BCUT2D eigenvalue weighted by atomic mass is 9.33. The zero-order valence-electron chi connectivity index (χ0n) is 47.8. The Labute approximate surface area is 471 Å². The fourth-order valence-electron chi connectivity index (χ4n) is 15.9. The van der Waals surface area contributed by atoms with E-state index in [1.807, 2.05) is 19.8 Å². The van der Waals surface area contributed by atoms with Crippen LogP contribution in [0.15, 0.2) is 36.7 Å². The number of hydrogen-bond donors (Lipinski definition) is 10. The molecule has 0 radical (unpaired) electrons. The second-order valence-electron chi connectivity index (χ2n) is 25.7. The van der Waals surface area contributed by atoms with Gasteiger partial charge in [0, 0.05) is 49.1 Å². The van der Waals surface area contributed by atoms with Crippen LogP contribution >= 0.6 is 0 Å². The van der Waals surface area contributed by atoms with Crippen LogP contribution in [0.1, 0.15) is 118 Å². The van der Waals surface area contributed by atoms with Crippen molar-refractivity contribution < 1.29 is 87.8 Å². The monoisotopic (exact) mass is 1140 g/mol. The first-order chi connectivity index (χ1) is 38.2. The maximum Gasteiger partial charge on any atom is 0.328 e. The van der Waals surface area contributed by atoms with Crippen molar-refractivity contribution in [1.29, 1.82) is 0 Å². The number of carboxylic acid groups (broad SMARTS) is 1. The lowest BCUT2D eigenvalue weighted by Crippen LogP contribution is -2.68. The van der Waals surface area contributed by atoms with Crippen LogP contribution in [0.4, 0.5) is 0 Å². The number of fused-ring (bicyclic) bond motifs is 7. The van der Waals surface area contributed by atoms with Crippen molar-refractivity contribution in [2.24, 2.45) is 50.2 Å². The minimum Gasteiger partial charge on any atom is -0.481 e. The highest BCUT2D eigenvalue weighted by atomic mass is 16.8. The van der Waals surface area contributed by atoms with E-state index in [4.69, 9.17) is 33.2 Å². The summed E-state index contributed by atoms with van der Waals surface area (Å²) < 4.78 is 35.7. The standard InChI is InChI=1S/C56H82N6O17.CH2O/c1-51(2)35-10-13-56(7)44(33(63)20-29-30-21-53(4,50(72)73)15-14-52(30,3)16-17-55(29,56)6)54(35,5)12-11-36(51)77-49-43(40(67)39(66)42(78-49)45(69)62-32(47(71)75-9)19-28-23-58-26-61-28)79-48-41(68)38(65)37(64)34(76-48)24-59-31(46(70)74-8)18-27-22-57-25-60-27;1-2/h20,22-23,25-26,30-32,34-44,48-49,59,64-68H,10-19,21,24H2,1-9H3,(H,57,60)(H,58,61)(H,62,69)(H,72,73);1H2/t30?,31?,32-,34-,35?,36?,37-,38+,39+,40+,41-,42+,43-,44?,48+,49-,52-,53+,54+,55-,56-;/m1./s1. The summed E-state index contributed by atoms with van der Waals surface area (Å²) in [5.74, 6) is -3.78. The Morgan fingerprint density at radius 2 is 1.37 bits per heavy atom. The van der Waals surface area contributed by atoms with Gasteiger partial charge in [-0.3, -0.25) is 19.2 Å². The summed E-state index contributed by atoms with van der Waals surface area (Å²) in [7, 11) is 2.36. The summed E-state index contributed by atoms with van der Waals surface area (Å²) in [6.45, 7) is 16.7. The Hall–Kier alpha value is -5.02. The number of H-pyrrole nitrogens is 2. The molecule has 10 N–H and O–H groups in total. The second-order valence-corrected chi connectivity index (χ2v) is 25.7. The number of carboxylic acids is 1.